The molecule has 3 aromatic rings. The third-order valence-electron chi connectivity index (χ3n) is 5.83. The van der Waals surface area contributed by atoms with E-state index in [1.54, 1.807) is 12.4 Å². The molecule has 0 bridgehead atoms. The van der Waals surface area contributed by atoms with E-state index >= 15 is 0 Å². The SMILES string of the molecule is CC(C)CC(NC(=O)CNC(=O)C(N)Cc1cnc[nH]1)C(=O)NC(Cc1c[nH]c2ccccc12)C(=O)O. The van der Waals surface area contributed by atoms with Crippen molar-refractivity contribution in [1.29, 1.82) is 0 Å². The smallest absolute Gasteiger partial charge is 0.326 e. The molecule has 3 amide bonds. The highest BCUT2D eigenvalue weighted by atomic mass is 16.4. The van der Waals surface area contributed by atoms with Crippen LogP contribution in [0.3, 0.4) is 0 Å². The highest BCUT2D eigenvalue weighted by Crippen LogP contribution is 2.19. The van der Waals surface area contributed by atoms with E-state index in [-0.39, 0.29) is 31.7 Å². The molecule has 3 unspecified atom stereocenters. The van der Waals surface area contributed by atoms with Gasteiger partial charge >= 0.3 is 5.97 Å². The van der Waals surface area contributed by atoms with E-state index in [0.717, 1.165) is 16.5 Å². The van der Waals surface area contributed by atoms with Gasteiger partial charge in [0.15, 0.2) is 0 Å². The summed E-state index contributed by atoms with van der Waals surface area (Å²) in [6.45, 7) is 3.38. The summed E-state index contributed by atoms with van der Waals surface area (Å²) in [5, 5.41) is 18.2. The summed E-state index contributed by atoms with van der Waals surface area (Å²) in [6.07, 6.45) is 5.32. The Hall–Kier alpha value is -4.19. The fraction of sp³-hybridized carbons (Fsp3) is 0.400. The minimum absolute atomic E-state index is 0.0327. The molecule has 0 spiro atoms. The minimum Gasteiger partial charge on any atom is -0.480 e. The standard InChI is InChI=1S/C25H33N7O5/c1-14(2)7-20(31-22(33)12-29-23(34)18(26)9-16-11-27-13-30-16)24(35)32-21(25(36)37)8-15-10-28-19-6-4-3-5-17(15)19/h3-6,10-11,13-14,18,20-21,28H,7-9,12,26H2,1-2H3,(H,27,30)(H,29,34)(H,31,33)(H,32,35)(H,36,37). The van der Waals surface area contributed by atoms with Crippen molar-refractivity contribution in [1.82, 2.24) is 30.9 Å². The third kappa shape index (κ3) is 7.90. The lowest BCUT2D eigenvalue weighted by molar-refractivity contribution is -0.142. The van der Waals surface area contributed by atoms with Gasteiger partial charge in [0.2, 0.25) is 17.7 Å². The molecule has 0 radical (unpaired) electrons. The first-order valence-electron chi connectivity index (χ1n) is 12.0. The van der Waals surface area contributed by atoms with Gasteiger partial charge in [0, 0.05) is 41.8 Å². The third-order valence-corrected chi connectivity index (χ3v) is 5.83. The van der Waals surface area contributed by atoms with E-state index < -0.39 is 41.8 Å². The normalized spacial score (nSPS) is 13.6. The molecule has 3 rings (SSSR count). The number of rotatable bonds is 13. The Bertz CT molecular complexity index is 1220. The van der Waals surface area contributed by atoms with Crippen LogP contribution in [0.1, 0.15) is 31.5 Å². The van der Waals surface area contributed by atoms with Gasteiger partial charge in [0.05, 0.1) is 18.9 Å². The highest BCUT2D eigenvalue weighted by Gasteiger charge is 2.28. The number of benzene rings is 1. The molecule has 0 saturated carbocycles. The van der Waals surface area contributed by atoms with Gasteiger partial charge in [-0.05, 0) is 24.0 Å². The second kappa shape index (κ2) is 12.7. The van der Waals surface area contributed by atoms with Crippen LogP contribution in [0.4, 0.5) is 0 Å². The summed E-state index contributed by atoms with van der Waals surface area (Å²) < 4.78 is 0. The van der Waals surface area contributed by atoms with Crippen molar-refractivity contribution in [3.63, 3.8) is 0 Å². The number of para-hydroxylation sites is 1. The fourth-order valence-electron chi connectivity index (χ4n) is 3.97. The number of nitrogens with zero attached hydrogens (tertiary/aromatic N) is 1. The summed E-state index contributed by atoms with van der Waals surface area (Å²) in [7, 11) is 0. The number of carboxylic acid groups (broad SMARTS) is 1. The molecule has 0 saturated heterocycles. The number of amides is 3. The molecule has 198 valence electrons. The van der Waals surface area contributed by atoms with Crippen LogP contribution < -0.4 is 21.7 Å². The van der Waals surface area contributed by atoms with Gasteiger partial charge in [-0.1, -0.05) is 32.0 Å². The number of hydrogen-bond acceptors (Lipinski definition) is 6. The minimum atomic E-state index is -1.20. The number of aliphatic carboxylic acids is 1. The Labute approximate surface area is 213 Å². The monoisotopic (exact) mass is 511 g/mol. The average Bonchev–Trinajstić information content (AvgIpc) is 3.51. The Morgan fingerprint density at radius 2 is 1.78 bits per heavy atom. The van der Waals surface area contributed by atoms with Crippen LogP contribution in [-0.4, -0.2) is 68.4 Å². The number of nitrogens with two attached hydrogens (primary N) is 1. The molecule has 8 N–H and O–H groups in total. The summed E-state index contributed by atoms with van der Waals surface area (Å²) in [5.41, 5.74) is 8.17. The van der Waals surface area contributed by atoms with E-state index in [0.29, 0.717) is 5.69 Å². The van der Waals surface area contributed by atoms with Gasteiger partial charge < -0.3 is 36.8 Å². The van der Waals surface area contributed by atoms with Crippen LogP contribution >= 0.6 is 0 Å². The van der Waals surface area contributed by atoms with Crippen molar-refractivity contribution < 1.29 is 24.3 Å². The van der Waals surface area contributed by atoms with Gasteiger partial charge in [-0.2, -0.15) is 0 Å². The molecule has 2 aromatic heterocycles. The second-order valence-corrected chi connectivity index (χ2v) is 9.32. The molecule has 12 nitrogen and oxygen atoms in total. The number of carbonyl (C=O) groups is 4. The van der Waals surface area contributed by atoms with Crippen molar-refractivity contribution >= 4 is 34.6 Å². The summed E-state index contributed by atoms with van der Waals surface area (Å²) in [5.74, 6) is -2.89. The number of H-pyrrole nitrogens is 2. The van der Waals surface area contributed by atoms with Crippen molar-refractivity contribution in [2.24, 2.45) is 11.7 Å². The van der Waals surface area contributed by atoms with Gasteiger partial charge in [-0.3, -0.25) is 14.4 Å². The van der Waals surface area contributed by atoms with E-state index in [9.17, 15) is 24.3 Å². The van der Waals surface area contributed by atoms with Crippen molar-refractivity contribution in [2.45, 2.75) is 51.2 Å². The Balaban J connectivity index is 1.58. The fourth-order valence-corrected chi connectivity index (χ4v) is 3.97. The van der Waals surface area contributed by atoms with Gasteiger partial charge in [0.1, 0.15) is 12.1 Å². The highest BCUT2D eigenvalue weighted by molar-refractivity contribution is 5.93. The Morgan fingerprint density at radius 1 is 1.03 bits per heavy atom. The van der Waals surface area contributed by atoms with Crippen LogP contribution in [-0.2, 0) is 32.0 Å². The maximum Gasteiger partial charge on any atom is 0.326 e. The predicted molar refractivity (Wildman–Crippen MR) is 136 cm³/mol. The molecular weight excluding hydrogens is 478 g/mol. The number of aromatic nitrogens is 3. The molecule has 37 heavy (non-hydrogen) atoms. The number of hydrogen-bond donors (Lipinski definition) is 7. The van der Waals surface area contributed by atoms with Crippen LogP contribution in [0, 0.1) is 5.92 Å². The molecule has 3 atom stereocenters. The van der Waals surface area contributed by atoms with E-state index in [2.05, 4.69) is 30.9 Å². The zero-order valence-electron chi connectivity index (χ0n) is 20.8. The molecule has 12 heteroatoms. The Morgan fingerprint density at radius 3 is 2.46 bits per heavy atom. The zero-order chi connectivity index (χ0) is 26.9. The van der Waals surface area contributed by atoms with Crippen LogP contribution in [0.2, 0.25) is 0 Å². The molecule has 2 heterocycles. The topological polar surface area (TPSA) is 195 Å². The largest absolute Gasteiger partial charge is 0.480 e. The first kappa shape index (κ1) is 27.4. The average molecular weight is 512 g/mol. The maximum atomic E-state index is 13.0. The number of carboxylic acids is 1. The lowest BCUT2D eigenvalue weighted by Crippen LogP contribution is -2.54. The number of carbonyl (C=O) groups excluding carboxylic acids is 3. The lowest BCUT2D eigenvalue weighted by atomic mass is 10.0. The second-order valence-electron chi connectivity index (χ2n) is 9.32. The summed E-state index contributed by atoms with van der Waals surface area (Å²) in [4.78, 5) is 59.5. The first-order valence-corrected chi connectivity index (χ1v) is 12.0. The van der Waals surface area contributed by atoms with E-state index in [1.807, 2.05) is 38.1 Å². The summed E-state index contributed by atoms with van der Waals surface area (Å²) in [6, 6.07) is 4.41. The number of nitrogens with one attached hydrogen (secondary N) is 5. The van der Waals surface area contributed by atoms with Crippen molar-refractivity contribution in [3.8, 4) is 0 Å². The van der Waals surface area contributed by atoms with Crippen LogP contribution in [0.25, 0.3) is 10.9 Å². The van der Waals surface area contributed by atoms with E-state index in [1.165, 1.54) is 6.33 Å². The molecule has 0 aliphatic heterocycles. The zero-order valence-corrected chi connectivity index (χ0v) is 20.8. The molecular formula is C25H33N7O5. The van der Waals surface area contributed by atoms with Crippen molar-refractivity contribution in [2.75, 3.05) is 6.54 Å². The van der Waals surface area contributed by atoms with Crippen LogP contribution in [0.15, 0.2) is 43.0 Å². The number of fused-ring (bicyclic) bond motifs is 1. The lowest BCUT2D eigenvalue weighted by Gasteiger charge is -2.23. The number of imidazole rings is 1. The van der Waals surface area contributed by atoms with Crippen molar-refractivity contribution in [3.05, 3.63) is 54.2 Å². The van der Waals surface area contributed by atoms with E-state index in [4.69, 9.17) is 5.73 Å². The molecule has 1 aromatic carbocycles. The Kier molecular flexibility index (Phi) is 9.39. The van der Waals surface area contributed by atoms with Gasteiger partial charge in [-0.25, -0.2) is 9.78 Å². The van der Waals surface area contributed by atoms with Gasteiger partial charge in [-0.15, -0.1) is 0 Å². The summed E-state index contributed by atoms with van der Waals surface area (Å²) >= 11 is 0. The molecule has 0 aliphatic rings. The predicted octanol–water partition coefficient (Wildman–Crippen LogP) is 0.220. The van der Waals surface area contributed by atoms with Crippen LogP contribution in [0.5, 0.6) is 0 Å². The number of aromatic amines is 2. The van der Waals surface area contributed by atoms with Gasteiger partial charge in [0.25, 0.3) is 0 Å². The maximum absolute atomic E-state index is 13.0. The molecule has 0 aliphatic carbocycles. The molecule has 0 fully saturated rings. The quantitative estimate of drug-likeness (QED) is 0.170. The first-order chi connectivity index (χ1) is 17.6.